The number of rotatable bonds is 4. The molecule has 2 amide bonds. The van der Waals surface area contributed by atoms with E-state index in [4.69, 9.17) is 0 Å². The van der Waals surface area contributed by atoms with Crippen molar-refractivity contribution in [1.82, 2.24) is 10.9 Å². The number of nitrogens with zero attached hydrogens (tertiary/aromatic N) is 1. The van der Waals surface area contributed by atoms with Crippen LogP contribution in [-0.2, 0) is 9.59 Å². The second kappa shape index (κ2) is 6.57. The summed E-state index contributed by atoms with van der Waals surface area (Å²) in [5.41, 5.74) is 5.27. The monoisotopic (exact) mass is 175 g/mol. The van der Waals surface area contributed by atoms with Crippen molar-refractivity contribution in [2.75, 3.05) is 6.67 Å². The summed E-state index contributed by atoms with van der Waals surface area (Å²) in [4.78, 5) is 21.2. The van der Waals surface area contributed by atoms with Gasteiger partial charge in [0.15, 0.2) is 0 Å². The van der Waals surface area contributed by atoms with Crippen LogP contribution >= 0.6 is 0 Å². The highest BCUT2D eigenvalue weighted by Crippen LogP contribution is 1.88. The normalized spacial score (nSPS) is 9.17. The van der Waals surface area contributed by atoms with Gasteiger partial charge in [0.25, 0.3) is 5.91 Å². The lowest BCUT2D eigenvalue weighted by atomic mass is 10.3. The first-order chi connectivity index (χ1) is 5.70. The number of carbonyl (C=O) groups excluding carboxylic acids is 2. The predicted molar refractivity (Wildman–Crippen MR) is 40.8 cm³/mol. The zero-order chi connectivity index (χ0) is 9.40. The highest BCUT2D eigenvalue weighted by atomic mass is 19.1. The Bertz CT molecular complexity index is 161. The van der Waals surface area contributed by atoms with E-state index >= 15 is 0 Å². The summed E-state index contributed by atoms with van der Waals surface area (Å²) in [6, 6.07) is 0. The Kier molecular flexibility index (Phi) is 5.95. The van der Waals surface area contributed by atoms with Crippen molar-refractivity contribution in [3.8, 4) is 0 Å². The van der Waals surface area contributed by atoms with Crippen LogP contribution < -0.4 is 10.9 Å². The molecule has 0 spiro atoms. The lowest BCUT2D eigenvalue weighted by Gasteiger charge is -2.00. The molecule has 0 aromatic rings. The van der Waals surface area contributed by atoms with Crippen molar-refractivity contribution < 1.29 is 14.0 Å². The van der Waals surface area contributed by atoms with Crippen LogP contribution in [0.25, 0.3) is 0 Å². The van der Waals surface area contributed by atoms with Gasteiger partial charge in [-0.15, -0.1) is 5.43 Å². The van der Waals surface area contributed by atoms with E-state index in [9.17, 15) is 14.0 Å². The Morgan fingerprint density at radius 1 is 1.50 bits per heavy atom. The molecule has 0 saturated heterocycles. The van der Waals surface area contributed by atoms with Crippen molar-refractivity contribution in [2.45, 2.75) is 26.2 Å². The van der Waals surface area contributed by atoms with E-state index in [2.05, 4.69) is 5.43 Å². The molecule has 12 heavy (non-hydrogen) atoms. The number of hydrogen-bond donors (Lipinski definition) is 1. The largest absolute Gasteiger partial charge is 0.273 e. The average Bonchev–Trinajstić information content (AvgIpc) is 2.10. The number of carbonyl (C=O) groups is 2. The summed E-state index contributed by atoms with van der Waals surface area (Å²) >= 11 is 0. The fourth-order valence-corrected chi connectivity index (χ4v) is 0.487. The number of hydrogen-bond acceptors (Lipinski definition) is 2. The third-order valence-corrected chi connectivity index (χ3v) is 1.15. The van der Waals surface area contributed by atoms with Crippen molar-refractivity contribution in [3.63, 3.8) is 0 Å². The van der Waals surface area contributed by atoms with Gasteiger partial charge in [-0.3, -0.25) is 14.0 Å². The number of amides is 2. The maximum Gasteiger partial charge on any atom is 0.262 e. The first-order valence-corrected chi connectivity index (χ1v) is 3.79. The minimum Gasteiger partial charge on any atom is -0.273 e. The van der Waals surface area contributed by atoms with Crippen molar-refractivity contribution in [1.29, 1.82) is 0 Å². The molecule has 0 aliphatic carbocycles. The first-order valence-electron chi connectivity index (χ1n) is 3.79. The SMILES string of the molecule is CCC(=O)[N]NC(=O)CCCF. The van der Waals surface area contributed by atoms with Crippen LogP contribution in [0.2, 0.25) is 0 Å². The number of alkyl halides is 1. The molecule has 0 aliphatic rings. The van der Waals surface area contributed by atoms with Gasteiger partial charge in [-0.2, -0.15) is 0 Å². The summed E-state index contributed by atoms with van der Waals surface area (Å²) in [5, 5.41) is 0. The third kappa shape index (κ3) is 5.64. The van der Waals surface area contributed by atoms with Gasteiger partial charge in [0.05, 0.1) is 6.67 Å². The van der Waals surface area contributed by atoms with Gasteiger partial charge in [-0.05, 0) is 6.42 Å². The van der Waals surface area contributed by atoms with Gasteiger partial charge >= 0.3 is 0 Å². The van der Waals surface area contributed by atoms with Gasteiger partial charge in [0.1, 0.15) is 0 Å². The molecule has 0 aromatic heterocycles. The Morgan fingerprint density at radius 3 is 2.67 bits per heavy atom. The fraction of sp³-hybridized carbons (Fsp3) is 0.714. The van der Waals surface area contributed by atoms with Gasteiger partial charge < -0.3 is 0 Å². The molecule has 4 nitrogen and oxygen atoms in total. The maximum absolute atomic E-state index is 11.5. The minimum absolute atomic E-state index is 0.0665. The van der Waals surface area contributed by atoms with Crippen LogP contribution in [0.15, 0.2) is 0 Å². The number of nitrogens with one attached hydrogen (secondary N) is 1. The van der Waals surface area contributed by atoms with E-state index < -0.39 is 12.6 Å². The van der Waals surface area contributed by atoms with Gasteiger partial charge in [-0.25, -0.2) is 5.43 Å². The number of halogens is 1. The Labute approximate surface area is 70.5 Å². The van der Waals surface area contributed by atoms with E-state index in [1.807, 2.05) is 5.43 Å². The maximum atomic E-state index is 11.5. The van der Waals surface area contributed by atoms with Gasteiger partial charge in [0, 0.05) is 12.8 Å². The Morgan fingerprint density at radius 2 is 2.17 bits per heavy atom. The van der Waals surface area contributed by atoms with Crippen molar-refractivity contribution in [3.05, 3.63) is 0 Å². The van der Waals surface area contributed by atoms with Gasteiger partial charge in [0.2, 0.25) is 5.91 Å². The second-order valence-electron chi connectivity index (χ2n) is 2.19. The van der Waals surface area contributed by atoms with Crippen molar-refractivity contribution >= 4 is 11.8 Å². The van der Waals surface area contributed by atoms with Crippen LogP contribution in [0.1, 0.15) is 26.2 Å². The molecule has 0 atom stereocenters. The second-order valence-corrected chi connectivity index (χ2v) is 2.19. The molecule has 0 saturated carbocycles. The van der Waals surface area contributed by atoms with Crippen LogP contribution in [0.4, 0.5) is 4.39 Å². The molecular weight excluding hydrogens is 163 g/mol. The average molecular weight is 175 g/mol. The molecule has 1 radical (unpaired) electrons. The fourth-order valence-electron chi connectivity index (χ4n) is 0.487. The van der Waals surface area contributed by atoms with E-state index in [0.29, 0.717) is 0 Å². The molecule has 0 bridgehead atoms. The standard InChI is InChI=1S/C7H12FN2O2/c1-2-6(11)9-10-7(12)4-3-5-8/h2-5H2,1H3,(H,10,12). The van der Waals surface area contributed by atoms with Crippen molar-refractivity contribution in [2.24, 2.45) is 0 Å². The molecule has 0 fully saturated rings. The summed E-state index contributed by atoms with van der Waals surface area (Å²) < 4.78 is 11.5. The highest BCUT2D eigenvalue weighted by molar-refractivity contribution is 5.81. The first kappa shape index (κ1) is 10.9. The van der Waals surface area contributed by atoms with Crippen LogP contribution in [0, 0.1) is 0 Å². The van der Waals surface area contributed by atoms with E-state index in [-0.39, 0.29) is 25.2 Å². The molecule has 0 rings (SSSR count). The summed E-state index contributed by atoms with van der Waals surface area (Å²) in [5.74, 6) is -0.807. The minimum atomic E-state index is -0.533. The highest BCUT2D eigenvalue weighted by Gasteiger charge is 2.03. The van der Waals surface area contributed by atoms with E-state index in [1.165, 1.54) is 0 Å². The van der Waals surface area contributed by atoms with E-state index in [0.717, 1.165) is 0 Å². The molecule has 0 unspecified atom stereocenters. The van der Waals surface area contributed by atoms with Crippen LogP contribution in [-0.4, -0.2) is 18.5 Å². The molecule has 0 aromatic carbocycles. The molecule has 0 aliphatic heterocycles. The molecule has 0 heterocycles. The summed E-state index contributed by atoms with van der Waals surface area (Å²) in [7, 11) is 0. The van der Waals surface area contributed by atoms with E-state index in [1.54, 1.807) is 6.92 Å². The zero-order valence-electron chi connectivity index (χ0n) is 6.97. The zero-order valence-corrected chi connectivity index (χ0v) is 6.97. The third-order valence-electron chi connectivity index (χ3n) is 1.15. The molecule has 1 N–H and O–H groups in total. The summed E-state index contributed by atoms with van der Waals surface area (Å²) in [6.45, 7) is 1.11. The Balaban J connectivity index is 3.37. The van der Waals surface area contributed by atoms with Crippen LogP contribution in [0.3, 0.4) is 0 Å². The van der Waals surface area contributed by atoms with Gasteiger partial charge in [-0.1, -0.05) is 6.92 Å². The Hall–Kier alpha value is -1.13. The molecule has 69 valence electrons. The topological polar surface area (TPSA) is 60.3 Å². The lowest BCUT2D eigenvalue weighted by Crippen LogP contribution is -2.34. The predicted octanol–water partition coefficient (Wildman–Crippen LogP) is 0.308. The lowest BCUT2D eigenvalue weighted by molar-refractivity contribution is -0.129. The smallest absolute Gasteiger partial charge is 0.262 e. The quantitative estimate of drug-likeness (QED) is 0.625. The molecule has 5 heteroatoms. The molecular formula is C7H12FN2O2. The summed E-state index contributed by atoms with van der Waals surface area (Å²) in [6.07, 6.45) is 0.488. The van der Waals surface area contributed by atoms with Crippen LogP contribution in [0.5, 0.6) is 0 Å².